The van der Waals surface area contributed by atoms with Crippen LogP contribution in [-0.4, -0.2) is 34.3 Å². The summed E-state index contributed by atoms with van der Waals surface area (Å²) in [4.78, 5) is 4.55. The van der Waals surface area contributed by atoms with E-state index in [4.69, 9.17) is 4.74 Å². The molecule has 20 heavy (non-hydrogen) atoms. The Morgan fingerprint density at radius 3 is 2.95 bits per heavy atom. The molecule has 0 saturated carbocycles. The number of nitrogens with zero attached hydrogens (tertiary/aromatic N) is 2. The molecule has 1 N–H and O–H groups in total. The predicted octanol–water partition coefficient (Wildman–Crippen LogP) is 2.77. The van der Waals surface area contributed by atoms with Gasteiger partial charge in [0.1, 0.15) is 5.82 Å². The van der Waals surface area contributed by atoms with Crippen molar-refractivity contribution in [1.29, 1.82) is 0 Å². The maximum Gasteiger partial charge on any atom is 0.110 e. The molecule has 2 atom stereocenters. The number of hydrogen-bond acceptors (Lipinski definition) is 3. The van der Waals surface area contributed by atoms with Crippen molar-refractivity contribution in [1.82, 2.24) is 14.9 Å². The molecule has 114 valence electrons. The fourth-order valence-electron chi connectivity index (χ4n) is 3.06. The van der Waals surface area contributed by atoms with Crippen LogP contribution in [0.3, 0.4) is 0 Å². The predicted molar refractivity (Wildman–Crippen MR) is 81.9 cm³/mol. The second-order valence-electron chi connectivity index (χ2n) is 6.01. The molecule has 1 aliphatic heterocycles. The van der Waals surface area contributed by atoms with Gasteiger partial charge >= 0.3 is 0 Å². The van der Waals surface area contributed by atoms with Crippen LogP contribution in [0.2, 0.25) is 0 Å². The molecule has 0 bridgehead atoms. The highest BCUT2D eigenvalue weighted by Gasteiger charge is 2.38. The molecule has 0 amide bonds. The summed E-state index contributed by atoms with van der Waals surface area (Å²) in [6.45, 7) is 9.65. The van der Waals surface area contributed by atoms with Gasteiger partial charge in [-0.2, -0.15) is 0 Å². The van der Waals surface area contributed by atoms with Crippen molar-refractivity contribution in [2.75, 3.05) is 13.2 Å². The molecule has 2 heterocycles. The summed E-state index contributed by atoms with van der Waals surface area (Å²) >= 11 is 0. The van der Waals surface area contributed by atoms with E-state index in [1.165, 1.54) is 12.2 Å². The first-order valence-electron chi connectivity index (χ1n) is 8.07. The molecule has 0 spiro atoms. The normalized spacial score (nSPS) is 24.1. The minimum atomic E-state index is -0.0435. The Labute approximate surface area is 122 Å². The molecule has 1 fully saturated rings. The van der Waals surface area contributed by atoms with Crippen molar-refractivity contribution in [3.63, 3.8) is 0 Å². The topological polar surface area (TPSA) is 39.1 Å². The van der Waals surface area contributed by atoms with E-state index in [-0.39, 0.29) is 5.60 Å². The molecule has 1 aliphatic rings. The molecule has 1 aromatic heterocycles. The quantitative estimate of drug-likeness (QED) is 0.795. The zero-order valence-electron chi connectivity index (χ0n) is 13.2. The minimum Gasteiger partial charge on any atom is -0.374 e. The average Bonchev–Trinajstić information content (AvgIpc) is 3.05. The number of imidazole rings is 1. The molecule has 1 aromatic rings. The molecule has 2 unspecified atom stereocenters. The van der Waals surface area contributed by atoms with Crippen LogP contribution in [0, 0.1) is 0 Å². The number of nitrogens with one attached hydrogen (secondary N) is 1. The molecule has 2 rings (SSSR count). The largest absolute Gasteiger partial charge is 0.374 e. The molecule has 0 aromatic carbocycles. The van der Waals surface area contributed by atoms with Gasteiger partial charge in [-0.1, -0.05) is 13.8 Å². The fraction of sp³-hybridized carbons (Fsp3) is 0.812. The van der Waals surface area contributed by atoms with Crippen LogP contribution in [0.15, 0.2) is 12.4 Å². The Balaban J connectivity index is 2.08. The Morgan fingerprint density at radius 1 is 1.45 bits per heavy atom. The third kappa shape index (κ3) is 3.61. The summed E-state index contributed by atoms with van der Waals surface area (Å²) in [6, 6.07) is 0.350. The first-order valence-corrected chi connectivity index (χ1v) is 8.07. The lowest BCUT2D eigenvalue weighted by Crippen LogP contribution is -2.50. The Bertz CT molecular complexity index is 396. The van der Waals surface area contributed by atoms with Crippen LogP contribution in [0.1, 0.15) is 52.3 Å². The zero-order chi connectivity index (χ0) is 14.4. The van der Waals surface area contributed by atoms with Gasteiger partial charge in [-0.3, -0.25) is 0 Å². The lowest BCUT2D eigenvalue weighted by molar-refractivity contribution is -0.0121. The average molecular weight is 279 g/mol. The van der Waals surface area contributed by atoms with Gasteiger partial charge in [0.2, 0.25) is 0 Å². The van der Waals surface area contributed by atoms with Gasteiger partial charge in [-0.25, -0.2) is 4.98 Å². The molecule has 4 heteroatoms. The van der Waals surface area contributed by atoms with Gasteiger partial charge in [0.15, 0.2) is 0 Å². The molecule has 0 radical (unpaired) electrons. The van der Waals surface area contributed by atoms with E-state index in [1.54, 1.807) is 0 Å². The van der Waals surface area contributed by atoms with Gasteiger partial charge < -0.3 is 14.6 Å². The van der Waals surface area contributed by atoms with Crippen molar-refractivity contribution >= 4 is 0 Å². The minimum absolute atomic E-state index is 0.0435. The van der Waals surface area contributed by atoms with Crippen molar-refractivity contribution in [3.05, 3.63) is 18.2 Å². The SMILES string of the molecule is CCCNC(Cc1nccn1CCC)C1(C)CCCO1. The smallest absolute Gasteiger partial charge is 0.110 e. The number of rotatable bonds is 8. The zero-order valence-corrected chi connectivity index (χ0v) is 13.2. The van der Waals surface area contributed by atoms with E-state index in [2.05, 4.69) is 41.8 Å². The number of aromatic nitrogens is 2. The van der Waals surface area contributed by atoms with E-state index in [0.29, 0.717) is 6.04 Å². The Hall–Kier alpha value is -0.870. The van der Waals surface area contributed by atoms with E-state index < -0.39 is 0 Å². The van der Waals surface area contributed by atoms with Gasteiger partial charge in [-0.15, -0.1) is 0 Å². The maximum absolute atomic E-state index is 6.05. The highest BCUT2D eigenvalue weighted by atomic mass is 16.5. The first kappa shape index (κ1) is 15.5. The van der Waals surface area contributed by atoms with Crippen LogP contribution in [0.25, 0.3) is 0 Å². The van der Waals surface area contributed by atoms with Gasteiger partial charge in [0.25, 0.3) is 0 Å². The van der Waals surface area contributed by atoms with E-state index in [9.17, 15) is 0 Å². The number of hydrogen-bond donors (Lipinski definition) is 1. The van der Waals surface area contributed by atoms with Gasteiger partial charge in [0.05, 0.1) is 5.60 Å². The summed E-state index contributed by atoms with van der Waals surface area (Å²) < 4.78 is 8.33. The van der Waals surface area contributed by atoms with Crippen LogP contribution in [-0.2, 0) is 17.7 Å². The molecule has 0 aliphatic carbocycles. The Kier molecular flexibility index (Phi) is 5.61. The lowest BCUT2D eigenvalue weighted by atomic mass is 9.90. The fourth-order valence-corrected chi connectivity index (χ4v) is 3.06. The maximum atomic E-state index is 6.05. The summed E-state index contributed by atoms with van der Waals surface area (Å²) in [5.74, 6) is 1.18. The van der Waals surface area contributed by atoms with E-state index in [0.717, 1.165) is 45.4 Å². The van der Waals surface area contributed by atoms with E-state index >= 15 is 0 Å². The Morgan fingerprint density at radius 2 is 2.30 bits per heavy atom. The molecule has 1 saturated heterocycles. The monoisotopic (exact) mass is 279 g/mol. The summed E-state index contributed by atoms with van der Waals surface area (Å²) in [7, 11) is 0. The highest BCUT2D eigenvalue weighted by Crippen LogP contribution is 2.30. The first-order chi connectivity index (χ1) is 9.69. The molecule has 4 nitrogen and oxygen atoms in total. The third-order valence-electron chi connectivity index (χ3n) is 4.28. The number of ether oxygens (including phenoxy) is 1. The van der Waals surface area contributed by atoms with Gasteiger partial charge in [0, 0.05) is 38.0 Å². The van der Waals surface area contributed by atoms with Crippen molar-refractivity contribution < 1.29 is 4.74 Å². The van der Waals surface area contributed by atoms with Crippen molar-refractivity contribution in [2.24, 2.45) is 0 Å². The second-order valence-corrected chi connectivity index (χ2v) is 6.01. The number of aryl methyl sites for hydroxylation is 1. The van der Waals surface area contributed by atoms with Crippen LogP contribution in [0.4, 0.5) is 0 Å². The third-order valence-corrected chi connectivity index (χ3v) is 4.28. The highest BCUT2D eigenvalue weighted by molar-refractivity contribution is 5.02. The summed E-state index contributed by atoms with van der Waals surface area (Å²) in [5.41, 5.74) is -0.0435. The van der Waals surface area contributed by atoms with E-state index in [1.807, 2.05) is 6.20 Å². The van der Waals surface area contributed by atoms with Gasteiger partial charge in [-0.05, 0) is 39.2 Å². The standard InChI is InChI=1S/C16H29N3O/c1-4-8-17-14(16(3)7-6-12-20-16)13-15-18-9-11-19(15)10-5-2/h9,11,14,17H,4-8,10,12-13H2,1-3H3. The summed E-state index contributed by atoms with van der Waals surface area (Å²) in [5, 5.41) is 3.68. The lowest BCUT2D eigenvalue weighted by Gasteiger charge is -2.34. The molecular formula is C16H29N3O. The van der Waals surface area contributed by atoms with Crippen molar-refractivity contribution in [2.45, 2.75) is 71.1 Å². The second kappa shape index (κ2) is 7.23. The summed E-state index contributed by atoms with van der Waals surface area (Å²) in [6.07, 6.45) is 9.56. The van der Waals surface area contributed by atoms with Crippen LogP contribution in [0.5, 0.6) is 0 Å². The van der Waals surface area contributed by atoms with Crippen LogP contribution >= 0.6 is 0 Å². The molecular weight excluding hydrogens is 250 g/mol. The van der Waals surface area contributed by atoms with Crippen molar-refractivity contribution in [3.8, 4) is 0 Å². The van der Waals surface area contributed by atoms with Crippen LogP contribution < -0.4 is 5.32 Å².